The van der Waals surface area contributed by atoms with Gasteiger partial charge in [-0.15, -0.1) is 0 Å². The Morgan fingerprint density at radius 3 is 2.74 bits per heavy atom. The SMILES string of the molecule is Cc1c(-c2ccccn2)nc2cc(F)ccc2c1Nc1cncc(N2CCOCC2)c1. The van der Waals surface area contributed by atoms with E-state index >= 15 is 0 Å². The minimum absolute atomic E-state index is 0.322. The first-order valence-corrected chi connectivity index (χ1v) is 10.2. The molecule has 0 atom stereocenters. The number of aromatic nitrogens is 3. The van der Waals surface area contributed by atoms with Crippen molar-refractivity contribution in [2.75, 3.05) is 36.5 Å². The molecule has 1 aliphatic heterocycles. The van der Waals surface area contributed by atoms with Crippen LogP contribution in [-0.2, 0) is 4.74 Å². The Morgan fingerprint density at radius 1 is 1.06 bits per heavy atom. The number of nitrogens with zero attached hydrogens (tertiary/aromatic N) is 4. The number of hydrogen-bond donors (Lipinski definition) is 1. The van der Waals surface area contributed by atoms with Gasteiger partial charge in [-0.3, -0.25) is 9.97 Å². The van der Waals surface area contributed by atoms with Gasteiger partial charge in [0, 0.05) is 36.3 Å². The van der Waals surface area contributed by atoms with Crippen LogP contribution in [0.15, 0.2) is 61.1 Å². The number of rotatable bonds is 4. The molecule has 0 radical (unpaired) electrons. The van der Waals surface area contributed by atoms with Crippen molar-refractivity contribution in [3.8, 4) is 11.4 Å². The van der Waals surface area contributed by atoms with Crippen LogP contribution in [0.4, 0.5) is 21.5 Å². The van der Waals surface area contributed by atoms with E-state index in [4.69, 9.17) is 9.72 Å². The zero-order valence-electron chi connectivity index (χ0n) is 17.2. The maximum atomic E-state index is 14.0. The van der Waals surface area contributed by atoms with Crippen molar-refractivity contribution in [3.05, 3.63) is 72.4 Å². The number of ether oxygens (including phenoxy) is 1. The lowest BCUT2D eigenvalue weighted by Crippen LogP contribution is -2.36. The number of fused-ring (bicyclic) bond motifs is 1. The number of halogens is 1. The minimum Gasteiger partial charge on any atom is -0.378 e. The Morgan fingerprint density at radius 2 is 1.94 bits per heavy atom. The van der Waals surface area contributed by atoms with Gasteiger partial charge in [-0.2, -0.15) is 0 Å². The van der Waals surface area contributed by atoms with E-state index < -0.39 is 0 Å². The number of nitrogens with one attached hydrogen (secondary N) is 1. The second-order valence-corrected chi connectivity index (χ2v) is 7.49. The first-order valence-electron chi connectivity index (χ1n) is 10.2. The van der Waals surface area contributed by atoms with Crippen LogP contribution in [0, 0.1) is 12.7 Å². The van der Waals surface area contributed by atoms with Crippen LogP contribution in [0.5, 0.6) is 0 Å². The van der Waals surface area contributed by atoms with Crippen molar-refractivity contribution in [1.29, 1.82) is 0 Å². The zero-order valence-corrected chi connectivity index (χ0v) is 17.2. The van der Waals surface area contributed by atoms with E-state index in [2.05, 4.69) is 26.3 Å². The van der Waals surface area contributed by atoms with Gasteiger partial charge >= 0.3 is 0 Å². The maximum Gasteiger partial charge on any atom is 0.125 e. The molecule has 1 fully saturated rings. The van der Waals surface area contributed by atoms with Crippen molar-refractivity contribution < 1.29 is 9.13 Å². The molecular weight excluding hydrogens is 393 g/mol. The minimum atomic E-state index is -0.322. The highest BCUT2D eigenvalue weighted by atomic mass is 19.1. The van der Waals surface area contributed by atoms with Gasteiger partial charge in [-0.1, -0.05) is 6.07 Å². The van der Waals surface area contributed by atoms with Gasteiger partial charge in [0.2, 0.25) is 0 Å². The van der Waals surface area contributed by atoms with Crippen molar-refractivity contribution in [2.24, 2.45) is 0 Å². The lowest BCUT2D eigenvalue weighted by molar-refractivity contribution is 0.122. The topological polar surface area (TPSA) is 63.2 Å². The van der Waals surface area contributed by atoms with Crippen LogP contribution >= 0.6 is 0 Å². The molecule has 0 aliphatic carbocycles. The number of benzene rings is 1. The predicted octanol–water partition coefficient (Wildman–Crippen LogP) is 4.72. The summed E-state index contributed by atoms with van der Waals surface area (Å²) < 4.78 is 19.4. The summed E-state index contributed by atoms with van der Waals surface area (Å²) in [6.07, 6.45) is 5.39. The monoisotopic (exact) mass is 415 g/mol. The highest BCUT2D eigenvalue weighted by Crippen LogP contribution is 2.35. The lowest BCUT2D eigenvalue weighted by atomic mass is 10.0. The molecule has 0 amide bonds. The molecule has 5 rings (SSSR count). The molecular formula is C24H22FN5O. The van der Waals surface area contributed by atoms with Crippen LogP contribution in [-0.4, -0.2) is 41.3 Å². The molecule has 31 heavy (non-hydrogen) atoms. The summed E-state index contributed by atoms with van der Waals surface area (Å²) in [6, 6.07) is 12.4. The van der Waals surface area contributed by atoms with Crippen molar-refractivity contribution in [3.63, 3.8) is 0 Å². The fourth-order valence-corrected chi connectivity index (χ4v) is 3.88. The predicted molar refractivity (Wildman–Crippen MR) is 120 cm³/mol. The summed E-state index contributed by atoms with van der Waals surface area (Å²) in [7, 11) is 0. The van der Waals surface area contributed by atoms with Gasteiger partial charge in [0.05, 0.1) is 59.6 Å². The maximum absolute atomic E-state index is 14.0. The standard InChI is InChI=1S/C24H22FN5O/c1-16-23(28-18-13-19(15-26-14-18)30-8-10-31-11-9-30)20-6-5-17(25)12-22(20)29-24(16)21-4-2-3-7-27-21/h2-7,12-15H,8-11H2,1H3,(H,28,29). The molecule has 4 aromatic rings. The Balaban J connectivity index is 1.60. The van der Waals surface area contributed by atoms with E-state index in [9.17, 15) is 4.39 Å². The van der Waals surface area contributed by atoms with Crippen molar-refractivity contribution >= 4 is 28.0 Å². The second kappa shape index (κ2) is 8.28. The van der Waals surface area contributed by atoms with Crippen LogP contribution in [0.3, 0.4) is 0 Å². The Labute approximate surface area is 179 Å². The summed E-state index contributed by atoms with van der Waals surface area (Å²) in [5, 5.41) is 4.36. The first kappa shape index (κ1) is 19.4. The molecule has 0 saturated carbocycles. The normalized spacial score (nSPS) is 14.1. The van der Waals surface area contributed by atoms with Gasteiger partial charge in [-0.25, -0.2) is 9.37 Å². The Bertz CT molecular complexity index is 1230. The molecule has 7 heteroatoms. The van der Waals surface area contributed by atoms with E-state index in [1.807, 2.05) is 31.3 Å². The molecule has 156 valence electrons. The largest absolute Gasteiger partial charge is 0.378 e. The average Bonchev–Trinajstić information content (AvgIpc) is 2.82. The molecule has 6 nitrogen and oxygen atoms in total. The van der Waals surface area contributed by atoms with E-state index in [1.54, 1.807) is 18.5 Å². The van der Waals surface area contributed by atoms with Crippen LogP contribution < -0.4 is 10.2 Å². The molecule has 0 bridgehead atoms. The third-order valence-corrected chi connectivity index (χ3v) is 5.47. The summed E-state index contributed by atoms with van der Waals surface area (Å²) in [6.45, 7) is 5.10. The third-order valence-electron chi connectivity index (χ3n) is 5.47. The van der Waals surface area contributed by atoms with E-state index in [0.29, 0.717) is 18.7 Å². The molecule has 0 unspecified atom stereocenters. The zero-order chi connectivity index (χ0) is 21.2. The Kier molecular flexibility index (Phi) is 5.18. The molecule has 0 spiro atoms. The quantitative estimate of drug-likeness (QED) is 0.520. The number of pyridine rings is 3. The molecule has 3 aromatic heterocycles. The van der Waals surface area contributed by atoms with Gasteiger partial charge in [0.1, 0.15) is 5.82 Å². The molecule has 1 saturated heterocycles. The lowest BCUT2D eigenvalue weighted by Gasteiger charge is -2.28. The molecule has 1 aromatic carbocycles. The van der Waals surface area contributed by atoms with Gasteiger partial charge in [-0.05, 0) is 37.3 Å². The highest BCUT2D eigenvalue weighted by molar-refractivity contribution is 5.97. The summed E-state index contributed by atoms with van der Waals surface area (Å²) in [5.74, 6) is -0.322. The number of anilines is 3. The third kappa shape index (κ3) is 3.92. The van der Waals surface area contributed by atoms with Crippen LogP contribution in [0.1, 0.15) is 5.56 Å². The fraction of sp³-hybridized carbons (Fsp3) is 0.208. The highest BCUT2D eigenvalue weighted by Gasteiger charge is 2.16. The van der Waals surface area contributed by atoms with Crippen LogP contribution in [0.2, 0.25) is 0 Å². The van der Waals surface area contributed by atoms with Gasteiger partial charge in [0.25, 0.3) is 0 Å². The summed E-state index contributed by atoms with van der Waals surface area (Å²) >= 11 is 0. The number of morpholine rings is 1. The molecule has 1 aliphatic rings. The fourth-order valence-electron chi connectivity index (χ4n) is 3.88. The Hall–Kier alpha value is -3.58. The molecule has 4 heterocycles. The summed E-state index contributed by atoms with van der Waals surface area (Å²) in [4.78, 5) is 15.9. The van der Waals surface area contributed by atoms with Gasteiger partial charge < -0.3 is 15.0 Å². The average molecular weight is 415 g/mol. The van der Waals surface area contributed by atoms with Crippen LogP contribution in [0.25, 0.3) is 22.3 Å². The van der Waals surface area contributed by atoms with E-state index in [-0.39, 0.29) is 5.82 Å². The van der Waals surface area contributed by atoms with E-state index in [0.717, 1.165) is 52.5 Å². The smallest absolute Gasteiger partial charge is 0.125 e. The first-order chi connectivity index (χ1) is 15.2. The van der Waals surface area contributed by atoms with E-state index in [1.165, 1.54) is 12.1 Å². The second-order valence-electron chi connectivity index (χ2n) is 7.49. The summed E-state index contributed by atoms with van der Waals surface area (Å²) in [5.41, 5.74) is 5.75. The van der Waals surface area contributed by atoms with Crippen molar-refractivity contribution in [1.82, 2.24) is 15.0 Å². The molecule has 1 N–H and O–H groups in total. The van der Waals surface area contributed by atoms with Crippen molar-refractivity contribution in [2.45, 2.75) is 6.92 Å². The number of hydrogen-bond acceptors (Lipinski definition) is 6. The van der Waals surface area contributed by atoms with Gasteiger partial charge in [0.15, 0.2) is 0 Å².